The standard InChI is InChI=1S/C10H15N3/c1-8-5-13-9(6-12-8)4-10(7-11)2-3-10/h5-6H,2-4,7,11H2,1H3. The van der Waals surface area contributed by atoms with Crippen molar-refractivity contribution in [2.75, 3.05) is 6.54 Å². The van der Waals surface area contributed by atoms with Crippen LogP contribution in [0.15, 0.2) is 12.4 Å². The molecule has 2 N–H and O–H groups in total. The topological polar surface area (TPSA) is 51.8 Å². The minimum atomic E-state index is 0.365. The fourth-order valence-electron chi connectivity index (χ4n) is 1.52. The maximum absolute atomic E-state index is 5.70. The minimum absolute atomic E-state index is 0.365. The molecule has 1 aliphatic carbocycles. The van der Waals surface area contributed by atoms with Gasteiger partial charge in [0.05, 0.1) is 11.4 Å². The van der Waals surface area contributed by atoms with Crippen LogP contribution in [0.2, 0.25) is 0 Å². The van der Waals surface area contributed by atoms with Gasteiger partial charge in [-0.05, 0) is 38.1 Å². The zero-order valence-electron chi connectivity index (χ0n) is 7.95. The van der Waals surface area contributed by atoms with Crippen molar-refractivity contribution in [1.29, 1.82) is 0 Å². The summed E-state index contributed by atoms with van der Waals surface area (Å²) in [4.78, 5) is 8.56. The molecule has 0 saturated heterocycles. The summed E-state index contributed by atoms with van der Waals surface area (Å²) in [5.41, 5.74) is 8.11. The summed E-state index contributed by atoms with van der Waals surface area (Å²) in [5, 5.41) is 0. The van der Waals surface area contributed by atoms with E-state index in [0.29, 0.717) is 5.41 Å². The van der Waals surface area contributed by atoms with Crippen LogP contribution in [-0.2, 0) is 6.42 Å². The summed E-state index contributed by atoms with van der Waals surface area (Å²) in [6, 6.07) is 0. The van der Waals surface area contributed by atoms with Gasteiger partial charge in [-0.1, -0.05) is 0 Å². The summed E-state index contributed by atoms with van der Waals surface area (Å²) in [5.74, 6) is 0. The van der Waals surface area contributed by atoms with Crippen molar-refractivity contribution in [3.63, 3.8) is 0 Å². The van der Waals surface area contributed by atoms with Gasteiger partial charge in [-0.2, -0.15) is 0 Å². The third-order valence-electron chi connectivity index (χ3n) is 2.78. The van der Waals surface area contributed by atoms with E-state index >= 15 is 0 Å². The molecule has 1 fully saturated rings. The molecule has 1 heterocycles. The lowest BCUT2D eigenvalue weighted by Crippen LogP contribution is -2.18. The van der Waals surface area contributed by atoms with E-state index in [-0.39, 0.29) is 0 Å². The van der Waals surface area contributed by atoms with Gasteiger partial charge in [0, 0.05) is 12.4 Å². The van der Waals surface area contributed by atoms with Crippen LogP contribution in [0.5, 0.6) is 0 Å². The smallest absolute Gasteiger partial charge is 0.0592 e. The van der Waals surface area contributed by atoms with Gasteiger partial charge in [-0.15, -0.1) is 0 Å². The van der Waals surface area contributed by atoms with Gasteiger partial charge in [0.2, 0.25) is 0 Å². The van der Waals surface area contributed by atoms with E-state index in [4.69, 9.17) is 5.73 Å². The van der Waals surface area contributed by atoms with E-state index < -0.39 is 0 Å². The first-order valence-electron chi connectivity index (χ1n) is 4.72. The first-order chi connectivity index (χ1) is 6.24. The van der Waals surface area contributed by atoms with Gasteiger partial charge in [0.25, 0.3) is 0 Å². The third-order valence-corrected chi connectivity index (χ3v) is 2.78. The summed E-state index contributed by atoms with van der Waals surface area (Å²) in [7, 11) is 0. The zero-order valence-corrected chi connectivity index (χ0v) is 7.95. The molecular weight excluding hydrogens is 162 g/mol. The molecule has 3 heteroatoms. The van der Waals surface area contributed by atoms with Crippen molar-refractivity contribution in [3.05, 3.63) is 23.8 Å². The maximum Gasteiger partial charge on any atom is 0.0592 e. The molecule has 0 atom stereocenters. The first kappa shape index (κ1) is 8.63. The van der Waals surface area contributed by atoms with Crippen LogP contribution in [0, 0.1) is 12.3 Å². The van der Waals surface area contributed by atoms with Gasteiger partial charge in [0.1, 0.15) is 0 Å². The summed E-state index contributed by atoms with van der Waals surface area (Å²) >= 11 is 0. The number of aromatic nitrogens is 2. The lowest BCUT2D eigenvalue weighted by Gasteiger charge is -2.10. The van der Waals surface area contributed by atoms with Crippen LogP contribution in [0.1, 0.15) is 24.2 Å². The van der Waals surface area contributed by atoms with Crippen molar-refractivity contribution in [1.82, 2.24) is 9.97 Å². The quantitative estimate of drug-likeness (QED) is 0.751. The Balaban J connectivity index is 2.06. The lowest BCUT2D eigenvalue weighted by atomic mass is 10.0. The number of nitrogens with zero attached hydrogens (tertiary/aromatic N) is 2. The summed E-state index contributed by atoms with van der Waals surface area (Å²) < 4.78 is 0. The molecule has 1 aromatic heterocycles. The molecule has 0 unspecified atom stereocenters. The van der Waals surface area contributed by atoms with Crippen LogP contribution < -0.4 is 5.73 Å². The monoisotopic (exact) mass is 177 g/mol. The van der Waals surface area contributed by atoms with Gasteiger partial charge in [-0.3, -0.25) is 9.97 Å². The molecule has 1 aromatic rings. The lowest BCUT2D eigenvalue weighted by molar-refractivity contribution is 0.512. The number of aryl methyl sites for hydroxylation is 1. The highest BCUT2D eigenvalue weighted by atomic mass is 14.8. The fourth-order valence-corrected chi connectivity index (χ4v) is 1.52. The Hall–Kier alpha value is -0.960. The zero-order chi connectivity index (χ0) is 9.31. The van der Waals surface area contributed by atoms with Crippen molar-refractivity contribution in [2.45, 2.75) is 26.2 Å². The molecule has 0 amide bonds. The molecule has 0 aromatic carbocycles. The normalized spacial score (nSPS) is 18.6. The molecule has 0 radical (unpaired) electrons. The van der Waals surface area contributed by atoms with Crippen LogP contribution in [0.25, 0.3) is 0 Å². The fraction of sp³-hybridized carbons (Fsp3) is 0.600. The second kappa shape index (κ2) is 3.07. The second-order valence-electron chi connectivity index (χ2n) is 4.03. The minimum Gasteiger partial charge on any atom is -0.330 e. The molecule has 1 aliphatic rings. The highest BCUT2D eigenvalue weighted by Crippen LogP contribution is 2.46. The number of rotatable bonds is 3. The molecule has 0 bridgehead atoms. The average molecular weight is 177 g/mol. The predicted octanol–water partition coefficient (Wildman–Crippen LogP) is 1.07. The number of hydrogen-bond donors (Lipinski definition) is 1. The van der Waals surface area contributed by atoms with Crippen LogP contribution in [-0.4, -0.2) is 16.5 Å². The summed E-state index contributed by atoms with van der Waals surface area (Å²) in [6.45, 7) is 2.73. The SMILES string of the molecule is Cc1cnc(CC2(CN)CC2)cn1. The van der Waals surface area contributed by atoms with Gasteiger partial charge in [-0.25, -0.2) is 0 Å². The van der Waals surface area contributed by atoms with Crippen LogP contribution in [0.3, 0.4) is 0 Å². The largest absolute Gasteiger partial charge is 0.330 e. The van der Waals surface area contributed by atoms with Crippen molar-refractivity contribution < 1.29 is 0 Å². The van der Waals surface area contributed by atoms with Gasteiger partial charge in [0.15, 0.2) is 0 Å². The molecule has 70 valence electrons. The van der Waals surface area contributed by atoms with Crippen LogP contribution >= 0.6 is 0 Å². The van der Waals surface area contributed by atoms with E-state index in [0.717, 1.165) is 24.4 Å². The third kappa shape index (κ3) is 1.86. The van der Waals surface area contributed by atoms with Gasteiger partial charge < -0.3 is 5.73 Å². The van der Waals surface area contributed by atoms with E-state index in [2.05, 4.69) is 9.97 Å². The Bertz CT molecular complexity index is 288. The van der Waals surface area contributed by atoms with Crippen molar-refractivity contribution in [2.24, 2.45) is 11.1 Å². The van der Waals surface area contributed by atoms with Crippen LogP contribution in [0.4, 0.5) is 0 Å². The Labute approximate surface area is 78.4 Å². The van der Waals surface area contributed by atoms with E-state index in [1.807, 2.05) is 19.3 Å². The highest BCUT2D eigenvalue weighted by Gasteiger charge is 2.41. The first-order valence-corrected chi connectivity index (χ1v) is 4.72. The summed E-state index contributed by atoms with van der Waals surface area (Å²) in [6.07, 6.45) is 7.18. The molecule has 3 nitrogen and oxygen atoms in total. The maximum atomic E-state index is 5.70. The Morgan fingerprint density at radius 3 is 2.62 bits per heavy atom. The molecule has 13 heavy (non-hydrogen) atoms. The second-order valence-corrected chi connectivity index (χ2v) is 4.03. The number of hydrogen-bond acceptors (Lipinski definition) is 3. The average Bonchev–Trinajstić information content (AvgIpc) is 2.90. The van der Waals surface area contributed by atoms with E-state index in [9.17, 15) is 0 Å². The highest BCUT2D eigenvalue weighted by molar-refractivity contribution is 5.08. The molecule has 2 rings (SSSR count). The molecule has 0 spiro atoms. The Morgan fingerprint density at radius 1 is 1.38 bits per heavy atom. The van der Waals surface area contributed by atoms with E-state index in [1.54, 1.807) is 0 Å². The Kier molecular flexibility index (Phi) is 2.04. The van der Waals surface area contributed by atoms with Gasteiger partial charge >= 0.3 is 0 Å². The predicted molar refractivity (Wildman–Crippen MR) is 51.2 cm³/mol. The molecular formula is C10H15N3. The van der Waals surface area contributed by atoms with E-state index in [1.165, 1.54) is 12.8 Å². The van der Waals surface area contributed by atoms with Crippen molar-refractivity contribution in [3.8, 4) is 0 Å². The molecule has 0 aliphatic heterocycles. The number of nitrogens with two attached hydrogens (primary N) is 1. The molecule has 1 saturated carbocycles. The van der Waals surface area contributed by atoms with Crippen molar-refractivity contribution >= 4 is 0 Å². The Morgan fingerprint density at radius 2 is 2.15 bits per heavy atom.